The maximum absolute atomic E-state index is 14.6. The third-order valence-electron chi connectivity index (χ3n) is 5.94. The van der Waals surface area contributed by atoms with Gasteiger partial charge in [-0.1, -0.05) is 6.07 Å². The molecule has 5 rings (SSSR count). The number of fused-ring (bicyclic) bond motifs is 1. The van der Waals surface area contributed by atoms with Gasteiger partial charge < -0.3 is 15.0 Å². The standard InChI is InChI=1S/C24H25FN6O2/c1-30-8-6-17(7-9-30)33-18-5-3-4-16(10-18)27-24(32)23-20-11-19(15-13-26-31(2)14-15)21(25)12-22(20)28-29-23/h3-5,10-14,17H,6-9H2,1-2H3,(H,27,32)(H,28,29). The van der Waals surface area contributed by atoms with E-state index in [4.69, 9.17) is 4.74 Å². The summed E-state index contributed by atoms with van der Waals surface area (Å²) in [7, 11) is 3.88. The summed E-state index contributed by atoms with van der Waals surface area (Å²) in [4.78, 5) is 15.3. The quantitative estimate of drug-likeness (QED) is 0.485. The lowest BCUT2D eigenvalue weighted by Gasteiger charge is -2.29. The Hall–Kier alpha value is -3.72. The first-order valence-corrected chi connectivity index (χ1v) is 10.9. The van der Waals surface area contributed by atoms with Crippen molar-refractivity contribution < 1.29 is 13.9 Å². The van der Waals surface area contributed by atoms with E-state index in [0.29, 0.717) is 27.7 Å². The summed E-state index contributed by atoms with van der Waals surface area (Å²) in [5, 5.41) is 14.4. The Balaban J connectivity index is 1.36. The number of aromatic nitrogens is 4. The minimum atomic E-state index is -0.412. The summed E-state index contributed by atoms with van der Waals surface area (Å²) < 4.78 is 22.3. The SMILES string of the molecule is CN1CCC(Oc2cccc(NC(=O)c3n[nH]c4cc(F)c(-c5cnn(C)c5)cc34)c2)CC1. The summed E-state index contributed by atoms with van der Waals surface area (Å²) in [6, 6.07) is 10.3. The van der Waals surface area contributed by atoms with Gasteiger partial charge in [-0.2, -0.15) is 10.2 Å². The molecule has 1 amide bonds. The summed E-state index contributed by atoms with van der Waals surface area (Å²) in [6.07, 6.45) is 5.42. The average Bonchev–Trinajstić information content (AvgIpc) is 3.41. The number of nitrogens with zero attached hydrogens (tertiary/aromatic N) is 4. The van der Waals surface area contributed by atoms with Gasteiger partial charge in [0.15, 0.2) is 5.69 Å². The van der Waals surface area contributed by atoms with Crippen molar-refractivity contribution in [3.63, 3.8) is 0 Å². The molecule has 8 nitrogen and oxygen atoms in total. The van der Waals surface area contributed by atoms with E-state index in [-0.39, 0.29) is 17.7 Å². The van der Waals surface area contributed by atoms with Crippen LogP contribution in [0.2, 0.25) is 0 Å². The lowest BCUT2D eigenvalue weighted by atomic mass is 10.0. The van der Waals surface area contributed by atoms with Crippen molar-refractivity contribution in [1.82, 2.24) is 24.9 Å². The maximum atomic E-state index is 14.6. The molecule has 1 aliphatic heterocycles. The van der Waals surface area contributed by atoms with Crippen molar-refractivity contribution in [3.05, 3.63) is 60.3 Å². The number of halogens is 1. The van der Waals surface area contributed by atoms with Crippen LogP contribution in [0.3, 0.4) is 0 Å². The molecule has 0 atom stereocenters. The fourth-order valence-corrected chi connectivity index (χ4v) is 4.13. The molecule has 3 heterocycles. The second kappa shape index (κ2) is 8.67. The van der Waals surface area contributed by atoms with Crippen LogP contribution in [0.15, 0.2) is 48.8 Å². The lowest BCUT2D eigenvalue weighted by Crippen LogP contribution is -2.35. The predicted octanol–water partition coefficient (Wildman–Crippen LogP) is 3.83. The molecule has 0 radical (unpaired) electrons. The van der Waals surface area contributed by atoms with Crippen molar-refractivity contribution in [2.45, 2.75) is 18.9 Å². The Kier molecular flexibility index (Phi) is 5.55. The fourth-order valence-electron chi connectivity index (χ4n) is 4.13. The zero-order chi connectivity index (χ0) is 22.9. The van der Waals surface area contributed by atoms with Gasteiger partial charge in [0.25, 0.3) is 5.91 Å². The minimum absolute atomic E-state index is 0.170. The second-order valence-electron chi connectivity index (χ2n) is 8.45. The van der Waals surface area contributed by atoms with Gasteiger partial charge in [0, 0.05) is 60.7 Å². The zero-order valence-electron chi connectivity index (χ0n) is 18.5. The smallest absolute Gasteiger partial charge is 0.276 e. The van der Waals surface area contributed by atoms with Gasteiger partial charge in [0.2, 0.25) is 0 Å². The molecule has 0 saturated carbocycles. The molecule has 4 aromatic rings. The highest BCUT2D eigenvalue weighted by atomic mass is 19.1. The van der Waals surface area contributed by atoms with E-state index in [1.54, 1.807) is 36.3 Å². The van der Waals surface area contributed by atoms with Crippen LogP contribution in [0.5, 0.6) is 5.75 Å². The van der Waals surface area contributed by atoms with E-state index < -0.39 is 5.82 Å². The highest BCUT2D eigenvalue weighted by Crippen LogP contribution is 2.29. The molecule has 0 bridgehead atoms. The zero-order valence-corrected chi connectivity index (χ0v) is 18.5. The van der Waals surface area contributed by atoms with Crippen molar-refractivity contribution in [2.75, 3.05) is 25.5 Å². The number of hydrogen-bond acceptors (Lipinski definition) is 5. The molecular formula is C24H25FN6O2. The van der Waals surface area contributed by atoms with Gasteiger partial charge in [-0.25, -0.2) is 4.39 Å². The number of rotatable bonds is 5. The lowest BCUT2D eigenvalue weighted by molar-refractivity contribution is 0.102. The number of nitrogens with one attached hydrogen (secondary N) is 2. The first kappa shape index (κ1) is 21.1. The molecule has 1 fully saturated rings. The average molecular weight is 449 g/mol. The molecule has 0 spiro atoms. The summed E-state index contributed by atoms with van der Waals surface area (Å²) in [5.41, 5.74) is 2.24. The van der Waals surface area contributed by atoms with Crippen LogP contribution in [0.1, 0.15) is 23.3 Å². The van der Waals surface area contributed by atoms with Gasteiger partial charge >= 0.3 is 0 Å². The van der Waals surface area contributed by atoms with Crippen molar-refractivity contribution in [1.29, 1.82) is 0 Å². The Morgan fingerprint density at radius 2 is 2.03 bits per heavy atom. The number of amides is 1. The van der Waals surface area contributed by atoms with Crippen LogP contribution < -0.4 is 10.1 Å². The monoisotopic (exact) mass is 448 g/mol. The molecule has 0 unspecified atom stereocenters. The number of ether oxygens (including phenoxy) is 1. The van der Waals surface area contributed by atoms with Crippen LogP contribution in [-0.2, 0) is 7.05 Å². The Morgan fingerprint density at radius 1 is 1.21 bits per heavy atom. The number of anilines is 1. The predicted molar refractivity (Wildman–Crippen MR) is 124 cm³/mol. The minimum Gasteiger partial charge on any atom is -0.490 e. The number of piperidine rings is 1. The highest BCUT2D eigenvalue weighted by Gasteiger charge is 2.20. The van der Waals surface area contributed by atoms with Crippen molar-refractivity contribution in [3.8, 4) is 16.9 Å². The number of carbonyl (C=O) groups excluding carboxylic acids is 1. The first-order valence-electron chi connectivity index (χ1n) is 10.9. The largest absolute Gasteiger partial charge is 0.490 e. The normalized spacial score (nSPS) is 15.1. The van der Waals surface area contributed by atoms with Gasteiger partial charge in [-0.3, -0.25) is 14.6 Å². The molecule has 1 saturated heterocycles. The van der Waals surface area contributed by atoms with E-state index in [1.807, 2.05) is 18.2 Å². The molecule has 9 heteroatoms. The molecule has 2 aromatic carbocycles. The number of aryl methyl sites for hydroxylation is 1. The number of benzene rings is 2. The fraction of sp³-hybridized carbons (Fsp3) is 0.292. The van der Waals surface area contributed by atoms with Gasteiger partial charge in [0.05, 0.1) is 11.7 Å². The molecule has 2 N–H and O–H groups in total. The van der Waals surface area contributed by atoms with E-state index in [0.717, 1.165) is 31.7 Å². The van der Waals surface area contributed by atoms with E-state index in [9.17, 15) is 9.18 Å². The van der Waals surface area contributed by atoms with Crippen LogP contribution >= 0.6 is 0 Å². The number of carbonyl (C=O) groups is 1. The Bertz CT molecular complexity index is 1310. The molecule has 2 aromatic heterocycles. The number of hydrogen-bond donors (Lipinski definition) is 2. The summed E-state index contributed by atoms with van der Waals surface area (Å²) in [6.45, 7) is 2.02. The van der Waals surface area contributed by atoms with Crippen molar-refractivity contribution in [2.24, 2.45) is 7.05 Å². The van der Waals surface area contributed by atoms with Crippen LogP contribution in [0.25, 0.3) is 22.0 Å². The number of H-pyrrole nitrogens is 1. The third kappa shape index (κ3) is 4.45. The van der Waals surface area contributed by atoms with Crippen LogP contribution in [0, 0.1) is 5.82 Å². The summed E-state index contributed by atoms with van der Waals surface area (Å²) in [5.74, 6) is -0.0820. The van der Waals surface area contributed by atoms with E-state index in [2.05, 4.69) is 32.6 Å². The summed E-state index contributed by atoms with van der Waals surface area (Å²) >= 11 is 0. The van der Waals surface area contributed by atoms with Crippen LogP contribution in [-0.4, -0.2) is 57.0 Å². The van der Waals surface area contributed by atoms with E-state index >= 15 is 0 Å². The molecule has 170 valence electrons. The molecule has 1 aliphatic rings. The van der Waals surface area contributed by atoms with Crippen LogP contribution in [0.4, 0.5) is 10.1 Å². The van der Waals surface area contributed by atoms with Crippen molar-refractivity contribution >= 4 is 22.5 Å². The number of aromatic amines is 1. The van der Waals surface area contributed by atoms with Gasteiger partial charge in [-0.05, 0) is 38.1 Å². The third-order valence-corrected chi connectivity index (χ3v) is 5.94. The molecular weight excluding hydrogens is 423 g/mol. The second-order valence-corrected chi connectivity index (χ2v) is 8.45. The molecule has 0 aliphatic carbocycles. The molecule has 33 heavy (non-hydrogen) atoms. The Labute approximate surface area is 190 Å². The maximum Gasteiger partial charge on any atom is 0.276 e. The van der Waals surface area contributed by atoms with Gasteiger partial charge in [-0.15, -0.1) is 0 Å². The first-order chi connectivity index (χ1) is 16.0. The Morgan fingerprint density at radius 3 is 2.79 bits per heavy atom. The van der Waals surface area contributed by atoms with Gasteiger partial charge in [0.1, 0.15) is 17.7 Å². The topological polar surface area (TPSA) is 88.1 Å². The van der Waals surface area contributed by atoms with E-state index in [1.165, 1.54) is 6.07 Å². The highest BCUT2D eigenvalue weighted by molar-refractivity contribution is 6.11. The number of likely N-dealkylation sites (tertiary alicyclic amines) is 1.